The Morgan fingerprint density at radius 3 is 2.34 bits per heavy atom. The summed E-state index contributed by atoms with van der Waals surface area (Å²) >= 11 is 0. The zero-order valence-corrected chi connectivity index (χ0v) is 33.0. The number of amides is 1. The first-order chi connectivity index (χ1) is 28.1. The topological polar surface area (TPSA) is 138 Å². The SMILES string of the molecule is COc1ccc(CN(Cc2ccc(OC)cc2)c2cc(C)cc(-c3ncc4c(N5CCC[C@H](NC(=O)O)C5)nc(OC[C@@]56CCCN5C[C@H](F)C6)nc4c3F)n2)cc1. The van der Waals surface area contributed by atoms with Crippen LogP contribution < -0.4 is 29.3 Å². The summed E-state index contributed by atoms with van der Waals surface area (Å²) in [5.74, 6) is 1.85. The minimum absolute atomic E-state index is 0.00654. The lowest BCUT2D eigenvalue weighted by molar-refractivity contribution is 0.107. The van der Waals surface area contributed by atoms with Crippen LogP contribution in [-0.4, -0.2) is 101 Å². The smallest absolute Gasteiger partial charge is 0.404 e. The van der Waals surface area contributed by atoms with E-state index in [1.165, 1.54) is 0 Å². The quantitative estimate of drug-likeness (QED) is 0.128. The molecule has 13 nitrogen and oxygen atoms in total. The molecule has 8 rings (SSSR count). The molecule has 3 atom stereocenters. The van der Waals surface area contributed by atoms with Crippen molar-refractivity contribution >= 4 is 28.6 Å². The Balaban J connectivity index is 1.17. The standard InChI is InChI=1S/C43H48F2N8O5/c1-27-18-35(48-36(19-27)52(22-28-7-11-32(56-2)12-8-28)23-29-9-13-33(57-3)14-10-29)39-37(45)38-34(21-46-39)40(51-16-4-6-31(25-51)47-42(54)55)50-41(49-38)58-26-43-15-5-17-53(43)24-30(44)20-43/h7-14,18-19,21,30-31,47H,4-6,15-17,20,22-26H2,1-3H3,(H,54,55)/t30-,31+,43+/m1/s1. The molecule has 3 aromatic heterocycles. The third-order valence-electron chi connectivity index (χ3n) is 11.5. The number of aromatic nitrogens is 4. The van der Waals surface area contributed by atoms with E-state index >= 15 is 4.39 Å². The van der Waals surface area contributed by atoms with Gasteiger partial charge in [0.25, 0.3) is 0 Å². The zero-order valence-electron chi connectivity index (χ0n) is 33.0. The van der Waals surface area contributed by atoms with Gasteiger partial charge in [-0.15, -0.1) is 0 Å². The van der Waals surface area contributed by atoms with Crippen LogP contribution in [-0.2, 0) is 13.1 Å². The van der Waals surface area contributed by atoms with Crippen molar-refractivity contribution in [3.05, 3.63) is 89.4 Å². The Labute approximate surface area is 336 Å². The highest BCUT2D eigenvalue weighted by molar-refractivity contribution is 5.92. The first-order valence-electron chi connectivity index (χ1n) is 19.7. The van der Waals surface area contributed by atoms with Gasteiger partial charge in [-0.2, -0.15) is 9.97 Å². The first kappa shape index (κ1) is 39.0. The Kier molecular flexibility index (Phi) is 11.1. The minimum Gasteiger partial charge on any atom is -0.497 e. The van der Waals surface area contributed by atoms with E-state index in [9.17, 15) is 14.3 Å². The van der Waals surface area contributed by atoms with E-state index in [0.717, 1.165) is 47.6 Å². The van der Waals surface area contributed by atoms with E-state index < -0.39 is 23.6 Å². The normalized spacial score (nSPS) is 20.5. The van der Waals surface area contributed by atoms with Crippen molar-refractivity contribution in [2.24, 2.45) is 0 Å². The summed E-state index contributed by atoms with van der Waals surface area (Å²) in [4.78, 5) is 36.8. The van der Waals surface area contributed by atoms with Gasteiger partial charge in [0, 0.05) is 51.4 Å². The maximum atomic E-state index is 17.2. The van der Waals surface area contributed by atoms with E-state index in [1.807, 2.05) is 66.4 Å². The van der Waals surface area contributed by atoms with Crippen LogP contribution in [0.2, 0.25) is 0 Å². The number of methoxy groups -OCH3 is 2. The highest BCUT2D eigenvalue weighted by atomic mass is 19.1. The zero-order chi connectivity index (χ0) is 40.4. The van der Waals surface area contributed by atoms with Crippen LogP contribution in [0.5, 0.6) is 17.5 Å². The van der Waals surface area contributed by atoms with Crippen molar-refractivity contribution in [2.45, 2.75) is 69.9 Å². The number of pyridine rings is 2. The second-order valence-corrected chi connectivity index (χ2v) is 15.6. The Bertz CT molecular complexity index is 2220. The monoisotopic (exact) mass is 794 g/mol. The lowest BCUT2D eigenvalue weighted by Crippen LogP contribution is -2.47. The number of halogens is 2. The summed E-state index contributed by atoms with van der Waals surface area (Å²) in [5, 5.41) is 12.4. The van der Waals surface area contributed by atoms with Gasteiger partial charge in [0.1, 0.15) is 47.1 Å². The van der Waals surface area contributed by atoms with Gasteiger partial charge >= 0.3 is 12.1 Å². The molecule has 0 bridgehead atoms. The van der Waals surface area contributed by atoms with Gasteiger partial charge in [-0.1, -0.05) is 24.3 Å². The molecular formula is C43H48F2N8O5. The van der Waals surface area contributed by atoms with Crippen molar-refractivity contribution < 1.29 is 32.9 Å². The number of aryl methyl sites for hydroxylation is 1. The van der Waals surface area contributed by atoms with Gasteiger partial charge in [-0.05, 0) is 92.2 Å². The fraction of sp³-hybridized carbons (Fsp3) is 0.419. The number of carbonyl (C=O) groups is 1. The number of nitrogens with zero attached hydrogens (tertiary/aromatic N) is 7. The predicted molar refractivity (Wildman–Crippen MR) is 216 cm³/mol. The number of hydrogen-bond acceptors (Lipinski definition) is 11. The van der Waals surface area contributed by atoms with Gasteiger partial charge in [-0.3, -0.25) is 9.88 Å². The van der Waals surface area contributed by atoms with Crippen LogP contribution in [0.4, 0.5) is 25.2 Å². The molecule has 304 valence electrons. The number of fused-ring (bicyclic) bond motifs is 2. The molecule has 3 fully saturated rings. The predicted octanol–water partition coefficient (Wildman–Crippen LogP) is 6.95. The number of ether oxygens (including phenoxy) is 3. The second kappa shape index (κ2) is 16.6. The summed E-state index contributed by atoms with van der Waals surface area (Å²) < 4.78 is 48.9. The molecule has 3 saturated heterocycles. The Morgan fingerprint density at radius 2 is 1.67 bits per heavy atom. The molecule has 15 heteroatoms. The molecule has 2 N–H and O–H groups in total. The molecule has 0 unspecified atom stereocenters. The molecule has 3 aliphatic rings. The van der Waals surface area contributed by atoms with Crippen molar-refractivity contribution in [1.82, 2.24) is 30.2 Å². The minimum atomic E-state index is -1.11. The fourth-order valence-corrected chi connectivity index (χ4v) is 8.67. The van der Waals surface area contributed by atoms with E-state index in [4.69, 9.17) is 24.2 Å². The average molecular weight is 795 g/mol. The Hall–Kier alpha value is -5.83. The van der Waals surface area contributed by atoms with Gasteiger partial charge in [-0.25, -0.2) is 18.6 Å². The molecule has 3 aliphatic heterocycles. The lowest BCUT2D eigenvalue weighted by Gasteiger charge is -2.34. The number of piperidine rings is 1. The van der Waals surface area contributed by atoms with E-state index in [0.29, 0.717) is 74.7 Å². The number of hydrogen-bond donors (Lipinski definition) is 2. The van der Waals surface area contributed by atoms with Crippen LogP contribution >= 0.6 is 0 Å². The number of carboxylic acid groups (broad SMARTS) is 1. The number of benzene rings is 2. The van der Waals surface area contributed by atoms with Crippen molar-refractivity contribution in [1.29, 1.82) is 0 Å². The van der Waals surface area contributed by atoms with E-state index in [-0.39, 0.29) is 29.9 Å². The van der Waals surface area contributed by atoms with Crippen molar-refractivity contribution in [2.75, 3.05) is 56.8 Å². The molecule has 6 heterocycles. The third kappa shape index (κ3) is 8.26. The van der Waals surface area contributed by atoms with Crippen molar-refractivity contribution in [3.8, 4) is 28.9 Å². The summed E-state index contributed by atoms with van der Waals surface area (Å²) in [5.41, 5.74) is 2.81. The van der Waals surface area contributed by atoms with Crippen LogP contribution in [0, 0.1) is 12.7 Å². The highest BCUT2D eigenvalue weighted by Crippen LogP contribution is 2.41. The highest BCUT2D eigenvalue weighted by Gasteiger charge is 2.49. The fourth-order valence-electron chi connectivity index (χ4n) is 8.67. The van der Waals surface area contributed by atoms with Crippen LogP contribution in [0.3, 0.4) is 0 Å². The molecule has 0 radical (unpaired) electrons. The van der Waals surface area contributed by atoms with Gasteiger partial charge < -0.3 is 34.4 Å². The van der Waals surface area contributed by atoms with Crippen molar-refractivity contribution in [3.63, 3.8) is 0 Å². The average Bonchev–Trinajstić information content (AvgIpc) is 3.75. The molecule has 1 amide bonds. The summed E-state index contributed by atoms with van der Waals surface area (Å²) in [6.45, 7) is 5.17. The maximum Gasteiger partial charge on any atom is 0.404 e. The first-order valence-corrected chi connectivity index (χ1v) is 19.7. The molecule has 5 aromatic rings. The third-order valence-corrected chi connectivity index (χ3v) is 11.5. The number of nitrogens with one attached hydrogen (secondary N) is 1. The summed E-state index contributed by atoms with van der Waals surface area (Å²) in [6.07, 6.45) is 2.95. The Morgan fingerprint density at radius 1 is 0.966 bits per heavy atom. The number of alkyl halides is 1. The molecule has 58 heavy (non-hydrogen) atoms. The molecule has 0 saturated carbocycles. The van der Waals surface area contributed by atoms with Gasteiger partial charge in [0.2, 0.25) is 0 Å². The summed E-state index contributed by atoms with van der Waals surface area (Å²) in [6, 6.07) is 19.1. The molecule has 0 spiro atoms. The largest absolute Gasteiger partial charge is 0.497 e. The summed E-state index contributed by atoms with van der Waals surface area (Å²) in [7, 11) is 3.27. The second-order valence-electron chi connectivity index (χ2n) is 15.6. The maximum absolute atomic E-state index is 17.2. The lowest BCUT2D eigenvalue weighted by atomic mass is 9.95. The molecule has 2 aromatic carbocycles. The van der Waals surface area contributed by atoms with Crippen LogP contribution in [0.25, 0.3) is 22.3 Å². The molecular weight excluding hydrogens is 747 g/mol. The van der Waals surface area contributed by atoms with Gasteiger partial charge in [0.05, 0.1) is 30.8 Å². The van der Waals surface area contributed by atoms with E-state index in [1.54, 1.807) is 26.5 Å². The molecule has 0 aliphatic carbocycles. The number of rotatable bonds is 13. The van der Waals surface area contributed by atoms with Crippen LogP contribution in [0.15, 0.2) is 66.9 Å². The van der Waals surface area contributed by atoms with Crippen LogP contribution in [0.1, 0.15) is 48.8 Å². The van der Waals surface area contributed by atoms with Gasteiger partial charge in [0.15, 0.2) is 5.82 Å². The number of anilines is 2. The van der Waals surface area contributed by atoms with E-state index in [2.05, 4.69) is 25.1 Å².